The van der Waals surface area contributed by atoms with Crippen molar-refractivity contribution in [3.63, 3.8) is 0 Å². The molecule has 2 heterocycles. The number of para-hydroxylation sites is 1. The molecule has 1 fully saturated rings. The average Bonchev–Trinajstić information content (AvgIpc) is 3.28. The molecule has 1 N–H and O–H groups in total. The van der Waals surface area contributed by atoms with Gasteiger partial charge < -0.3 is 19.7 Å². The molecule has 0 saturated carbocycles. The number of ether oxygens (including phenoxy) is 2. The molecule has 146 valence electrons. The highest BCUT2D eigenvalue weighted by Crippen LogP contribution is 2.37. The van der Waals surface area contributed by atoms with Crippen LogP contribution in [0.25, 0.3) is 0 Å². The highest BCUT2D eigenvalue weighted by atomic mass is 16.7. The van der Waals surface area contributed by atoms with Crippen LogP contribution in [0.5, 0.6) is 11.5 Å². The molecule has 1 atom stereocenters. The van der Waals surface area contributed by atoms with Crippen LogP contribution in [-0.2, 0) is 9.59 Å². The van der Waals surface area contributed by atoms with Gasteiger partial charge in [-0.3, -0.25) is 9.59 Å². The van der Waals surface area contributed by atoms with E-state index >= 15 is 0 Å². The third-order valence-electron chi connectivity index (χ3n) is 5.34. The number of nitrogens with zero attached hydrogens (tertiary/aromatic N) is 1. The Kier molecular flexibility index (Phi) is 4.71. The number of hydrogen-bond donors (Lipinski definition) is 1. The van der Waals surface area contributed by atoms with Crippen LogP contribution >= 0.6 is 0 Å². The topological polar surface area (TPSA) is 67.9 Å². The van der Waals surface area contributed by atoms with E-state index in [1.807, 2.05) is 31.2 Å². The van der Waals surface area contributed by atoms with Crippen LogP contribution in [0.15, 0.2) is 36.4 Å². The third kappa shape index (κ3) is 3.30. The fourth-order valence-electron chi connectivity index (χ4n) is 3.75. The fourth-order valence-corrected chi connectivity index (χ4v) is 3.75. The van der Waals surface area contributed by atoms with Gasteiger partial charge in [0.15, 0.2) is 11.5 Å². The molecule has 0 spiro atoms. The summed E-state index contributed by atoms with van der Waals surface area (Å²) < 4.78 is 10.7. The van der Waals surface area contributed by atoms with E-state index < -0.39 is 5.92 Å². The molecule has 0 radical (unpaired) electrons. The van der Waals surface area contributed by atoms with E-state index in [1.165, 1.54) is 0 Å². The quantitative estimate of drug-likeness (QED) is 0.875. The Bertz CT molecular complexity index is 938. The van der Waals surface area contributed by atoms with Crippen LogP contribution in [0.4, 0.5) is 11.4 Å². The van der Waals surface area contributed by atoms with Gasteiger partial charge in [0.1, 0.15) is 0 Å². The SMILES string of the molecule is Cc1cccc(C(C)C)c1NC(=O)C1CC(=O)N(c2ccc3c(c2)OCO3)C1. The van der Waals surface area contributed by atoms with E-state index in [0.29, 0.717) is 24.0 Å². The predicted octanol–water partition coefficient (Wildman–Crippen LogP) is 3.84. The molecule has 4 rings (SSSR count). The van der Waals surface area contributed by atoms with E-state index in [2.05, 4.69) is 19.2 Å². The van der Waals surface area contributed by atoms with Crippen molar-refractivity contribution < 1.29 is 19.1 Å². The summed E-state index contributed by atoms with van der Waals surface area (Å²) in [6, 6.07) is 11.4. The van der Waals surface area contributed by atoms with Gasteiger partial charge in [-0.05, 0) is 36.1 Å². The number of benzene rings is 2. The number of amides is 2. The molecule has 2 amide bonds. The summed E-state index contributed by atoms with van der Waals surface area (Å²) in [5, 5.41) is 3.07. The van der Waals surface area contributed by atoms with E-state index in [4.69, 9.17) is 9.47 Å². The zero-order chi connectivity index (χ0) is 19.8. The van der Waals surface area contributed by atoms with Crippen LogP contribution in [-0.4, -0.2) is 25.2 Å². The average molecular weight is 380 g/mol. The zero-order valence-corrected chi connectivity index (χ0v) is 16.3. The minimum absolute atomic E-state index is 0.0621. The molecule has 1 saturated heterocycles. The summed E-state index contributed by atoms with van der Waals surface area (Å²) in [5.74, 6) is 1.02. The summed E-state index contributed by atoms with van der Waals surface area (Å²) in [6.45, 7) is 6.73. The largest absolute Gasteiger partial charge is 0.454 e. The van der Waals surface area contributed by atoms with Gasteiger partial charge in [0.05, 0.1) is 5.92 Å². The maximum absolute atomic E-state index is 12.9. The summed E-state index contributed by atoms with van der Waals surface area (Å²) in [6.07, 6.45) is 0.198. The number of anilines is 2. The van der Waals surface area contributed by atoms with Crippen molar-refractivity contribution >= 4 is 23.2 Å². The van der Waals surface area contributed by atoms with E-state index in [9.17, 15) is 9.59 Å². The van der Waals surface area contributed by atoms with Gasteiger partial charge in [0.2, 0.25) is 18.6 Å². The van der Waals surface area contributed by atoms with Crippen molar-refractivity contribution in [1.82, 2.24) is 0 Å². The lowest BCUT2D eigenvalue weighted by Gasteiger charge is -2.19. The first kappa shape index (κ1) is 18.3. The molecular weight excluding hydrogens is 356 g/mol. The molecule has 1 unspecified atom stereocenters. The van der Waals surface area contributed by atoms with Crippen LogP contribution < -0.4 is 19.7 Å². The maximum Gasteiger partial charge on any atom is 0.231 e. The zero-order valence-electron chi connectivity index (χ0n) is 16.3. The maximum atomic E-state index is 12.9. The van der Waals surface area contributed by atoms with Gasteiger partial charge in [-0.1, -0.05) is 32.0 Å². The van der Waals surface area contributed by atoms with Crippen molar-refractivity contribution in [2.45, 2.75) is 33.1 Å². The highest BCUT2D eigenvalue weighted by Gasteiger charge is 2.36. The van der Waals surface area contributed by atoms with Crippen molar-refractivity contribution in [2.24, 2.45) is 5.92 Å². The Morgan fingerprint density at radius 1 is 1.18 bits per heavy atom. The second kappa shape index (κ2) is 7.19. The second-order valence-electron chi connectivity index (χ2n) is 7.63. The van der Waals surface area contributed by atoms with Crippen LogP contribution in [0.1, 0.15) is 37.3 Å². The van der Waals surface area contributed by atoms with Crippen LogP contribution in [0.2, 0.25) is 0 Å². The van der Waals surface area contributed by atoms with Crippen molar-refractivity contribution in [2.75, 3.05) is 23.6 Å². The Balaban J connectivity index is 1.51. The normalized spacial score (nSPS) is 18.1. The fraction of sp³-hybridized carbons (Fsp3) is 0.364. The van der Waals surface area contributed by atoms with Gasteiger partial charge in [-0.2, -0.15) is 0 Å². The van der Waals surface area contributed by atoms with Crippen molar-refractivity contribution in [1.29, 1.82) is 0 Å². The van der Waals surface area contributed by atoms with Gasteiger partial charge >= 0.3 is 0 Å². The van der Waals surface area contributed by atoms with Crippen LogP contribution in [0, 0.1) is 12.8 Å². The molecular formula is C22H24N2O4. The number of fused-ring (bicyclic) bond motifs is 1. The number of carbonyl (C=O) groups excluding carboxylic acids is 2. The monoisotopic (exact) mass is 380 g/mol. The Hall–Kier alpha value is -3.02. The molecule has 2 aromatic carbocycles. The lowest BCUT2D eigenvalue weighted by Crippen LogP contribution is -2.28. The molecule has 2 aliphatic heterocycles. The Morgan fingerprint density at radius 2 is 1.96 bits per heavy atom. The molecule has 0 bridgehead atoms. The lowest BCUT2D eigenvalue weighted by molar-refractivity contribution is -0.122. The number of rotatable bonds is 4. The van der Waals surface area contributed by atoms with Crippen molar-refractivity contribution in [3.05, 3.63) is 47.5 Å². The van der Waals surface area contributed by atoms with Gasteiger partial charge in [-0.15, -0.1) is 0 Å². The van der Waals surface area contributed by atoms with Gasteiger partial charge in [0, 0.05) is 30.4 Å². The summed E-state index contributed by atoms with van der Waals surface area (Å²) in [4.78, 5) is 27.1. The molecule has 0 aliphatic carbocycles. The highest BCUT2D eigenvalue weighted by molar-refractivity contribution is 6.04. The molecule has 0 aromatic heterocycles. The minimum atomic E-state index is -0.391. The minimum Gasteiger partial charge on any atom is -0.454 e. The summed E-state index contributed by atoms with van der Waals surface area (Å²) in [7, 11) is 0. The summed E-state index contributed by atoms with van der Waals surface area (Å²) >= 11 is 0. The number of carbonyl (C=O) groups is 2. The standard InChI is InChI=1S/C22H24N2O4/c1-13(2)17-6-4-5-14(3)21(17)23-22(26)15-9-20(25)24(11-15)16-7-8-18-19(10-16)28-12-27-18/h4-8,10,13,15H,9,11-12H2,1-3H3,(H,23,26). The molecule has 2 aliphatic rings. The van der Waals surface area contributed by atoms with Gasteiger partial charge in [0.25, 0.3) is 0 Å². The first-order chi connectivity index (χ1) is 13.4. The first-order valence-corrected chi connectivity index (χ1v) is 9.54. The summed E-state index contributed by atoms with van der Waals surface area (Å²) in [5.41, 5.74) is 3.71. The van der Waals surface area contributed by atoms with Crippen molar-refractivity contribution in [3.8, 4) is 11.5 Å². The lowest BCUT2D eigenvalue weighted by atomic mass is 9.97. The smallest absolute Gasteiger partial charge is 0.231 e. The first-order valence-electron chi connectivity index (χ1n) is 9.54. The third-order valence-corrected chi connectivity index (χ3v) is 5.34. The molecule has 6 heteroatoms. The Labute approximate surface area is 164 Å². The predicted molar refractivity (Wildman–Crippen MR) is 107 cm³/mol. The second-order valence-corrected chi connectivity index (χ2v) is 7.63. The number of nitrogens with one attached hydrogen (secondary N) is 1. The molecule has 6 nitrogen and oxygen atoms in total. The molecule has 2 aromatic rings. The van der Waals surface area contributed by atoms with Gasteiger partial charge in [-0.25, -0.2) is 0 Å². The number of hydrogen-bond acceptors (Lipinski definition) is 4. The van der Waals surface area contributed by atoms with E-state index in [-0.39, 0.29) is 25.0 Å². The van der Waals surface area contributed by atoms with Crippen LogP contribution in [0.3, 0.4) is 0 Å². The molecule has 28 heavy (non-hydrogen) atoms. The Morgan fingerprint density at radius 3 is 2.75 bits per heavy atom. The van der Waals surface area contributed by atoms with E-state index in [0.717, 1.165) is 22.5 Å². The van der Waals surface area contributed by atoms with E-state index in [1.54, 1.807) is 17.0 Å². The number of aryl methyl sites for hydroxylation is 1.